The molecule has 13 heavy (non-hydrogen) atoms. The molecule has 4 heteroatoms. The zero-order valence-electron chi connectivity index (χ0n) is 6.68. The van der Waals surface area contributed by atoms with Crippen LogP contribution >= 0.6 is 0 Å². The number of hydrogen-bond acceptors (Lipinski definition) is 3. The topological polar surface area (TPSA) is 74.6 Å². The molecule has 0 amide bonds. The van der Waals surface area contributed by atoms with Crippen molar-refractivity contribution in [3.05, 3.63) is 29.8 Å². The molecule has 0 aliphatic carbocycles. The van der Waals surface area contributed by atoms with Crippen molar-refractivity contribution >= 4 is 12.3 Å². The van der Waals surface area contributed by atoms with Gasteiger partial charge in [-0.05, 0) is 6.07 Å². The summed E-state index contributed by atoms with van der Waals surface area (Å²) in [7, 11) is 0. The monoisotopic (exact) mass is 180 g/mol. The van der Waals surface area contributed by atoms with Gasteiger partial charge >= 0.3 is 5.97 Å². The van der Waals surface area contributed by atoms with E-state index in [0.29, 0.717) is 0 Å². The van der Waals surface area contributed by atoms with Gasteiger partial charge < -0.3 is 15.0 Å². The Morgan fingerprint density at radius 2 is 2.00 bits per heavy atom. The summed E-state index contributed by atoms with van der Waals surface area (Å²) >= 11 is 0. The summed E-state index contributed by atoms with van der Waals surface area (Å²) in [5.41, 5.74) is 0.116. The third kappa shape index (κ3) is 1.84. The standard InChI is InChI=1S/C9H8O4/c10-5-7(9(12)13)6-3-1-2-4-8(6)11/h1-5,7,11H,(H,12,13). The van der Waals surface area contributed by atoms with Crippen molar-refractivity contribution < 1.29 is 19.8 Å². The van der Waals surface area contributed by atoms with E-state index in [-0.39, 0.29) is 17.6 Å². The predicted octanol–water partition coefficient (Wildman–Crippen LogP) is 0.759. The number of carbonyl (C=O) groups is 2. The molecule has 0 bridgehead atoms. The molecule has 1 atom stereocenters. The highest BCUT2D eigenvalue weighted by molar-refractivity contribution is 5.93. The van der Waals surface area contributed by atoms with Crippen molar-refractivity contribution in [3.8, 4) is 5.75 Å². The summed E-state index contributed by atoms with van der Waals surface area (Å²) in [6.07, 6.45) is 0.289. The molecule has 0 saturated heterocycles. The first kappa shape index (κ1) is 9.25. The average molecular weight is 180 g/mol. The number of para-hydroxylation sites is 1. The molecule has 0 saturated carbocycles. The van der Waals surface area contributed by atoms with Gasteiger partial charge in [0.15, 0.2) is 0 Å². The largest absolute Gasteiger partial charge is 0.508 e. The Bertz CT molecular complexity index is 332. The minimum Gasteiger partial charge on any atom is -0.508 e. The van der Waals surface area contributed by atoms with Gasteiger partial charge in [0, 0.05) is 5.56 Å². The van der Waals surface area contributed by atoms with E-state index in [1.807, 2.05) is 0 Å². The smallest absolute Gasteiger partial charge is 0.318 e. The summed E-state index contributed by atoms with van der Waals surface area (Å²) in [6.45, 7) is 0. The molecule has 0 spiro atoms. The first-order chi connectivity index (χ1) is 6.16. The van der Waals surface area contributed by atoms with Crippen molar-refractivity contribution in [2.75, 3.05) is 0 Å². The number of benzene rings is 1. The fraction of sp³-hybridized carbons (Fsp3) is 0.111. The number of rotatable bonds is 3. The average Bonchev–Trinajstić information content (AvgIpc) is 2.09. The number of carboxylic acid groups (broad SMARTS) is 1. The van der Waals surface area contributed by atoms with Gasteiger partial charge in [-0.1, -0.05) is 18.2 Å². The van der Waals surface area contributed by atoms with E-state index in [2.05, 4.69) is 0 Å². The number of phenolic OH excluding ortho intramolecular Hbond substituents is 1. The molecular formula is C9H8O4. The Labute approximate surface area is 74.4 Å². The van der Waals surface area contributed by atoms with Crippen LogP contribution in [0.3, 0.4) is 0 Å². The maximum absolute atomic E-state index is 10.5. The number of aliphatic carboxylic acids is 1. The van der Waals surface area contributed by atoms with Crippen LogP contribution in [-0.2, 0) is 9.59 Å². The Balaban J connectivity index is 3.12. The van der Waals surface area contributed by atoms with Crippen LogP contribution in [-0.4, -0.2) is 22.5 Å². The molecule has 0 aliphatic heterocycles. The lowest BCUT2D eigenvalue weighted by molar-refractivity contribution is -0.140. The van der Waals surface area contributed by atoms with Gasteiger partial charge in [0.1, 0.15) is 18.0 Å². The summed E-state index contributed by atoms with van der Waals surface area (Å²) in [6, 6.07) is 5.87. The number of carboxylic acids is 1. The third-order valence-corrected chi connectivity index (χ3v) is 1.67. The van der Waals surface area contributed by atoms with Gasteiger partial charge in [0.2, 0.25) is 0 Å². The summed E-state index contributed by atoms with van der Waals surface area (Å²) in [4.78, 5) is 20.9. The lowest BCUT2D eigenvalue weighted by Gasteiger charge is -2.06. The van der Waals surface area contributed by atoms with Gasteiger partial charge in [-0.25, -0.2) is 0 Å². The van der Waals surface area contributed by atoms with E-state index in [1.165, 1.54) is 12.1 Å². The van der Waals surface area contributed by atoms with Crippen LogP contribution in [0.4, 0.5) is 0 Å². The van der Waals surface area contributed by atoms with Crippen LogP contribution in [0.25, 0.3) is 0 Å². The molecule has 68 valence electrons. The molecular weight excluding hydrogens is 172 g/mol. The minimum absolute atomic E-state index is 0.116. The first-order valence-corrected chi connectivity index (χ1v) is 3.63. The van der Waals surface area contributed by atoms with Crippen molar-refractivity contribution in [2.45, 2.75) is 5.92 Å². The van der Waals surface area contributed by atoms with Crippen LogP contribution in [0.15, 0.2) is 24.3 Å². The normalized spacial score (nSPS) is 12.0. The second-order valence-electron chi connectivity index (χ2n) is 2.51. The van der Waals surface area contributed by atoms with Gasteiger partial charge in [-0.3, -0.25) is 4.79 Å². The number of aldehydes is 1. The van der Waals surface area contributed by atoms with E-state index in [9.17, 15) is 14.7 Å². The number of phenols is 1. The maximum atomic E-state index is 10.5. The van der Waals surface area contributed by atoms with Crippen molar-refractivity contribution in [3.63, 3.8) is 0 Å². The van der Waals surface area contributed by atoms with Crippen LogP contribution in [0.5, 0.6) is 5.75 Å². The highest BCUT2D eigenvalue weighted by atomic mass is 16.4. The van der Waals surface area contributed by atoms with Crippen LogP contribution in [0, 0.1) is 0 Å². The van der Waals surface area contributed by atoms with E-state index in [1.54, 1.807) is 12.1 Å². The van der Waals surface area contributed by atoms with Crippen LogP contribution in [0.2, 0.25) is 0 Å². The van der Waals surface area contributed by atoms with Gasteiger partial charge in [-0.15, -0.1) is 0 Å². The fourth-order valence-electron chi connectivity index (χ4n) is 1.02. The molecule has 0 radical (unpaired) electrons. The number of hydrogen-bond donors (Lipinski definition) is 2. The fourth-order valence-corrected chi connectivity index (χ4v) is 1.02. The van der Waals surface area contributed by atoms with Crippen molar-refractivity contribution in [1.29, 1.82) is 0 Å². The molecule has 0 fully saturated rings. The molecule has 1 aromatic rings. The summed E-state index contributed by atoms with van der Waals surface area (Å²) in [5, 5.41) is 17.8. The van der Waals surface area contributed by atoms with Crippen LogP contribution in [0.1, 0.15) is 11.5 Å². The Morgan fingerprint density at radius 3 is 2.46 bits per heavy atom. The van der Waals surface area contributed by atoms with Crippen molar-refractivity contribution in [1.82, 2.24) is 0 Å². The SMILES string of the molecule is O=CC(C(=O)O)c1ccccc1O. The lowest BCUT2D eigenvalue weighted by Crippen LogP contribution is -2.12. The van der Waals surface area contributed by atoms with Crippen LogP contribution < -0.4 is 0 Å². The molecule has 1 aromatic carbocycles. The van der Waals surface area contributed by atoms with Crippen molar-refractivity contribution in [2.24, 2.45) is 0 Å². The molecule has 4 nitrogen and oxygen atoms in total. The molecule has 0 heterocycles. The zero-order valence-corrected chi connectivity index (χ0v) is 6.68. The third-order valence-electron chi connectivity index (χ3n) is 1.67. The number of carbonyl (C=O) groups excluding carboxylic acids is 1. The minimum atomic E-state index is -1.29. The predicted molar refractivity (Wildman–Crippen MR) is 44.5 cm³/mol. The van der Waals surface area contributed by atoms with Gasteiger partial charge in [0.05, 0.1) is 0 Å². The summed E-state index contributed by atoms with van der Waals surface area (Å²) < 4.78 is 0. The van der Waals surface area contributed by atoms with Gasteiger partial charge in [-0.2, -0.15) is 0 Å². The summed E-state index contributed by atoms with van der Waals surface area (Å²) in [5.74, 6) is -2.74. The molecule has 1 rings (SSSR count). The lowest BCUT2D eigenvalue weighted by atomic mass is 10.0. The molecule has 0 aliphatic rings. The highest BCUT2D eigenvalue weighted by Gasteiger charge is 2.21. The van der Waals surface area contributed by atoms with Gasteiger partial charge in [0.25, 0.3) is 0 Å². The maximum Gasteiger partial charge on any atom is 0.318 e. The molecule has 2 N–H and O–H groups in total. The zero-order chi connectivity index (χ0) is 9.84. The van der Waals surface area contributed by atoms with E-state index in [4.69, 9.17) is 5.11 Å². The quantitative estimate of drug-likeness (QED) is 0.532. The Hall–Kier alpha value is -1.84. The number of aromatic hydroxyl groups is 1. The highest BCUT2D eigenvalue weighted by Crippen LogP contribution is 2.23. The molecule has 0 aromatic heterocycles. The van der Waals surface area contributed by atoms with E-state index < -0.39 is 11.9 Å². The first-order valence-electron chi connectivity index (χ1n) is 3.63. The second kappa shape index (κ2) is 3.71. The second-order valence-corrected chi connectivity index (χ2v) is 2.51. The Morgan fingerprint density at radius 1 is 1.38 bits per heavy atom. The molecule has 1 unspecified atom stereocenters. The van der Waals surface area contributed by atoms with E-state index >= 15 is 0 Å². The Kier molecular flexibility index (Phi) is 2.64. The van der Waals surface area contributed by atoms with E-state index in [0.717, 1.165) is 0 Å².